The summed E-state index contributed by atoms with van der Waals surface area (Å²) in [5.74, 6) is -0.124. The molecule has 6 nitrogen and oxygen atoms in total. The summed E-state index contributed by atoms with van der Waals surface area (Å²) in [6, 6.07) is 20.6. The number of nitrogens with zero attached hydrogens (tertiary/aromatic N) is 1. The fraction of sp³-hybridized carbons (Fsp3) is 0.208. The van der Waals surface area contributed by atoms with E-state index in [0.717, 1.165) is 35.7 Å². The SMILES string of the molecule is O=C(Nc1ccc2ccccc2c1)C(c1cn(CC2CC2)c2ccccc12)P(=O)(O)O. The third-order valence-electron chi connectivity index (χ3n) is 5.87. The zero-order valence-electron chi connectivity index (χ0n) is 16.8. The van der Waals surface area contributed by atoms with Crippen molar-refractivity contribution in [1.82, 2.24) is 4.57 Å². The van der Waals surface area contributed by atoms with E-state index in [-0.39, 0.29) is 0 Å². The zero-order valence-corrected chi connectivity index (χ0v) is 17.7. The van der Waals surface area contributed by atoms with E-state index in [4.69, 9.17) is 0 Å². The lowest BCUT2D eigenvalue weighted by Gasteiger charge is -2.18. The standard InChI is InChI=1S/C24H23N2O4P/c27-24(25-19-12-11-17-5-1-2-6-18(17)13-19)23(31(28,29)30)21-15-26(14-16-9-10-16)22-8-4-3-7-20(21)22/h1-8,11-13,15-16,23H,9-10,14H2,(H,25,27)(H2,28,29,30). The fourth-order valence-corrected chi connectivity index (χ4v) is 5.11. The Morgan fingerprint density at radius 2 is 1.74 bits per heavy atom. The number of fused-ring (bicyclic) bond motifs is 2. The van der Waals surface area contributed by atoms with E-state index in [1.807, 2.05) is 59.2 Å². The van der Waals surface area contributed by atoms with Gasteiger partial charge in [-0.2, -0.15) is 0 Å². The van der Waals surface area contributed by atoms with Crippen molar-refractivity contribution in [3.05, 3.63) is 78.5 Å². The lowest BCUT2D eigenvalue weighted by atomic mass is 10.1. The first kappa shape index (κ1) is 20.0. The quantitative estimate of drug-likeness (QED) is 0.370. The van der Waals surface area contributed by atoms with E-state index < -0.39 is 19.2 Å². The monoisotopic (exact) mass is 434 g/mol. The first-order valence-electron chi connectivity index (χ1n) is 10.3. The van der Waals surface area contributed by atoms with Crippen LogP contribution in [0, 0.1) is 5.92 Å². The van der Waals surface area contributed by atoms with Gasteiger partial charge in [-0.05, 0) is 47.7 Å². The maximum Gasteiger partial charge on any atom is 0.342 e. The molecule has 4 aromatic rings. The van der Waals surface area contributed by atoms with Crippen molar-refractivity contribution in [1.29, 1.82) is 0 Å². The van der Waals surface area contributed by atoms with Crippen molar-refractivity contribution >= 4 is 40.9 Å². The molecule has 1 aromatic heterocycles. The molecular formula is C24H23N2O4P. The first-order chi connectivity index (χ1) is 14.9. The third kappa shape index (κ3) is 4.02. The van der Waals surface area contributed by atoms with Crippen LogP contribution in [0.2, 0.25) is 0 Å². The Balaban J connectivity index is 1.53. The van der Waals surface area contributed by atoms with Crippen molar-refractivity contribution in [2.24, 2.45) is 5.92 Å². The average Bonchev–Trinajstić information content (AvgIpc) is 3.49. The Bertz CT molecular complexity index is 1340. The number of hydrogen-bond acceptors (Lipinski definition) is 2. The number of rotatable bonds is 6. The molecule has 31 heavy (non-hydrogen) atoms. The maximum absolute atomic E-state index is 13.2. The molecule has 1 aliphatic rings. The van der Waals surface area contributed by atoms with Crippen molar-refractivity contribution in [2.75, 3.05) is 5.32 Å². The molecule has 1 amide bonds. The molecule has 1 saturated carbocycles. The number of benzene rings is 3. The van der Waals surface area contributed by atoms with Gasteiger partial charge in [0.2, 0.25) is 5.91 Å². The van der Waals surface area contributed by atoms with E-state index >= 15 is 0 Å². The molecule has 0 bridgehead atoms. The van der Waals surface area contributed by atoms with Crippen LogP contribution in [-0.2, 0) is 15.9 Å². The summed E-state index contributed by atoms with van der Waals surface area (Å²) in [5, 5.41) is 5.39. The molecule has 1 heterocycles. The van der Waals surface area contributed by atoms with Gasteiger partial charge in [0.05, 0.1) is 0 Å². The van der Waals surface area contributed by atoms with Crippen LogP contribution < -0.4 is 5.32 Å². The second-order valence-electron chi connectivity index (χ2n) is 8.24. The number of anilines is 1. The molecule has 1 atom stereocenters. The molecule has 0 aliphatic heterocycles. The van der Waals surface area contributed by atoms with Crippen LogP contribution in [0.3, 0.4) is 0 Å². The number of para-hydroxylation sites is 1. The minimum absolute atomic E-state index is 0.364. The first-order valence-corrected chi connectivity index (χ1v) is 12.0. The van der Waals surface area contributed by atoms with Gasteiger partial charge in [-0.25, -0.2) is 0 Å². The lowest BCUT2D eigenvalue weighted by Crippen LogP contribution is -2.21. The van der Waals surface area contributed by atoms with Crippen LogP contribution in [0.4, 0.5) is 5.69 Å². The van der Waals surface area contributed by atoms with E-state index in [9.17, 15) is 19.1 Å². The van der Waals surface area contributed by atoms with Gasteiger partial charge in [-0.15, -0.1) is 0 Å². The molecule has 0 radical (unpaired) electrons. The summed E-state index contributed by atoms with van der Waals surface area (Å²) in [7, 11) is -4.77. The summed E-state index contributed by atoms with van der Waals surface area (Å²) in [4.78, 5) is 33.5. The van der Waals surface area contributed by atoms with Gasteiger partial charge in [0.15, 0.2) is 5.66 Å². The summed E-state index contributed by atoms with van der Waals surface area (Å²) < 4.78 is 14.5. The molecule has 0 spiro atoms. The Hall–Kier alpha value is -2.92. The van der Waals surface area contributed by atoms with Crippen molar-refractivity contribution < 1.29 is 19.1 Å². The van der Waals surface area contributed by atoms with Gasteiger partial charge in [0, 0.05) is 34.9 Å². The van der Waals surface area contributed by atoms with Gasteiger partial charge < -0.3 is 19.7 Å². The molecule has 3 aromatic carbocycles. The van der Waals surface area contributed by atoms with E-state index in [0.29, 0.717) is 22.6 Å². The van der Waals surface area contributed by atoms with Crippen molar-refractivity contribution in [3.8, 4) is 0 Å². The van der Waals surface area contributed by atoms with Crippen molar-refractivity contribution in [3.63, 3.8) is 0 Å². The number of aromatic nitrogens is 1. The molecule has 158 valence electrons. The minimum Gasteiger partial charge on any atom is -0.347 e. The lowest BCUT2D eigenvalue weighted by molar-refractivity contribution is -0.116. The summed E-state index contributed by atoms with van der Waals surface area (Å²) >= 11 is 0. The van der Waals surface area contributed by atoms with Gasteiger partial charge in [-0.3, -0.25) is 9.36 Å². The Kier molecular flexibility index (Phi) is 4.94. The molecular weight excluding hydrogens is 411 g/mol. The van der Waals surface area contributed by atoms with E-state index in [1.165, 1.54) is 0 Å². The number of amides is 1. The highest BCUT2D eigenvalue weighted by Crippen LogP contribution is 2.54. The summed E-state index contributed by atoms with van der Waals surface area (Å²) in [5.41, 5.74) is 0.178. The van der Waals surface area contributed by atoms with Gasteiger partial charge in [0.25, 0.3) is 0 Å². The average molecular weight is 434 g/mol. The molecule has 1 unspecified atom stereocenters. The maximum atomic E-state index is 13.2. The second kappa shape index (κ2) is 7.65. The van der Waals surface area contributed by atoms with E-state index in [2.05, 4.69) is 5.32 Å². The highest BCUT2D eigenvalue weighted by Gasteiger charge is 2.39. The van der Waals surface area contributed by atoms with Gasteiger partial charge >= 0.3 is 7.60 Å². The van der Waals surface area contributed by atoms with Crippen LogP contribution in [-0.4, -0.2) is 20.3 Å². The second-order valence-corrected chi connectivity index (χ2v) is 9.93. The van der Waals surface area contributed by atoms with Crippen LogP contribution in [0.1, 0.15) is 24.1 Å². The Labute approximate surface area is 179 Å². The molecule has 1 aliphatic carbocycles. The zero-order chi connectivity index (χ0) is 21.6. The number of hydrogen-bond donors (Lipinski definition) is 3. The normalized spacial score (nSPS) is 15.3. The fourth-order valence-electron chi connectivity index (χ4n) is 4.18. The van der Waals surface area contributed by atoms with Crippen LogP contribution in [0.15, 0.2) is 72.9 Å². The molecule has 3 N–H and O–H groups in total. The van der Waals surface area contributed by atoms with Crippen molar-refractivity contribution in [2.45, 2.75) is 25.0 Å². The van der Waals surface area contributed by atoms with Crippen LogP contribution >= 0.6 is 7.60 Å². The Morgan fingerprint density at radius 1 is 1.03 bits per heavy atom. The largest absolute Gasteiger partial charge is 0.347 e. The molecule has 5 rings (SSSR count). The Morgan fingerprint density at radius 3 is 2.48 bits per heavy atom. The van der Waals surface area contributed by atoms with Gasteiger partial charge in [-0.1, -0.05) is 48.5 Å². The molecule has 1 fully saturated rings. The number of carbonyl (C=O) groups is 1. The topological polar surface area (TPSA) is 91.6 Å². The smallest absolute Gasteiger partial charge is 0.342 e. The molecule has 0 saturated heterocycles. The summed E-state index contributed by atoms with van der Waals surface area (Å²) in [6.45, 7) is 0.792. The number of carbonyl (C=O) groups excluding carboxylic acids is 1. The minimum atomic E-state index is -4.77. The molecule has 7 heteroatoms. The predicted molar refractivity (Wildman–Crippen MR) is 122 cm³/mol. The highest BCUT2D eigenvalue weighted by atomic mass is 31.2. The summed E-state index contributed by atoms with van der Waals surface area (Å²) in [6.07, 6.45) is 4.06. The van der Waals surface area contributed by atoms with Crippen LogP contribution in [0.5, 0.6) is 0 Å². The number of nitrogens with one attached hydrogen (secondary N) is 1. The van der Waals surface area contributed by atoms with Gasteiger partial charge in [0.1, 0.15) is 0 Å². The van der Waals surface area contributed by atoms with E-state index in [1.54, 1.807) is 18.3 Å². The van der Waals surface area contributed by atoms with Crippen LogP contribution in [0.25, 0.3) is 21.7 Å². The predicted octanol–water partition coefficient (Wildman–Crippen LogP) is 5.06. The highest BCUT2D eigenvalue weighted by molar-refractivity contribution is 7.53. The third-order valence-corrected chi connectivity index (χ3v) is 7.05.